The fourth-order valence-corrected chi connectivity index (χ4v) is 4.17. The van der Waals surface area contributed by atoms with E-state index in [0.717, 1.165) is 10.5 Å². The van der Waals surface area contributed by atoms with Gasteiger partial charge in [-0.15, -0.1) is 6.58 Å². The van der Waals surface area contributed by atoms with E-state index in [1.165, 1.54) is 44.6 Å². The van der Waals surface area contributed by atoms with Crippen LogP contribution in [-0.4, -0.2) is 38.0 Å². The number of ether oxygens (including phenoxy) is 3. The highest BCUT2D eigenvalue weighted by molar-refractivity contribution is 6.39. The van der Waals surface area contributed by atoms with E-state index in [4.69, 9.17) is 21.1 Å². The number of methoxy groups -OCH3 is 2. The number of rotatable bonds is 9. The van der Waals surface area contributed by atoms with E-state index >= 15 is 0 Å². The molecule has 1 aliphatic rings. The highest BCUT2D eigenvalue weighted by Crippen LogP contribution is 2.35. The van der Waals surface area contributed by atoms with Gasteiger partial charge in [0.05, 0.1) is 25.5 Å². The van der Waals surface area contributed by atoms with Crippen molar-refractivity contribution in [3.8, 4) is 11.5 Å². The Morgan fingerprint density at radius 1 is 1.02 bits per heavy atom. The lowest BCUT2D eigenvalue weighted by Crippen LogP contribution is -2.54. The van der Waals surface area contributed by atoms with Crippen LogP contribution < -0.4 is 19.7 Å². The molecular formula is C30H25ClN2O7. The van der Waals surface area contributed by atoms with Crippen molar-refractivity contribution in [3.05, 3.63) is 106 Å². The Morgan fingerprint density at radius 2 is 1.73 bits per heavy atom. The Morgan fingerprint density at radius 3 is 2.35 bits per heavy atom. The zero-order chi connectivity index (χ0) is 28.8. The molecule has 1 aliphatic heterocycles. The van der Waals surface area contributed by atoms with Gasteiger partial charge in [0.2, 0.25) is 0 Å². The van der Waals surface area contributed by atoms with Gasteiger partial charge < -0.3 is 14.2 Å². The summed E-state index contributed by atoms with van der Waals surface area (Å²) in [6.45, 7) is 4.06. The minimum atomic E-state index is -0.908. The number of allylic oxidation sites excluding steroid dienone is 1. The first kappa shape index (κ1) is 28.1. The summed E-state index contributed by atoms with van der Waals surface area (Å²) in [7, 11) is 2.73. The summed E-state index contributed by atoms with van der Waals surface area (Å²) in [5, 5.41) is 2.80. The SMILES string of the molecule is C=CCc1cc(/C=C2\C(=O)NC(=O)N(c3ccc(C(=O)OC)cc3)C2=O)cc(OC)c1OCc1ccc(Cl)cc1. The molecule has 10 heteroatoms. The van der Waals surface area contributed by atoms with E-state index in [9.17, 15) is 19.2 Å². The van der Waals surface area contributed by atoms with Gasteiger partial charge in [0, 0.05) is 10.6 Å². The molecule has 9 nitrogen and oxygen atoms in total. The number of nitrogens with zero attached hydrogens (tertiary/aromatic N) is 1. The van der Waals surface area contributed by atoms with Crippen LogP contribution in [0.1, 0.15) is 27.0 Å². The van der Waals surface area contributed by atoms with E-state index < -0.39 is 23.8 Å². The highest BCUT2D eigenvalue weighted by Gasteiger charge is 2.37. The van der Waals surface area contributed by atoms with E-state index in [2.05, 4.69) is 16.6 Å². The number of benzene rings is 3. The molecule has 0 aliphatic carbocycles. The maximum absolute atomic E-state index is 13.3. The predicted molar refractivity (Wildman–Crippen MR) is 149 cm³/mol. The van der Waals surface area contributed by atoms with Crippen LogP contribution in [0.5, 0.6) is 11.5 Å². The van der Waals surface area contributed by atoms with Gasteiger partial charge in [-0.1, -0.05) is 29.8 Å². The van der Waals surface area contributed by atoms with Crippen LogP contribution in [0.2, 0.25) is 5.02 Å². The molecule has 4 rings (SSSR count). The Labute approximate surface area is 235 Å². The summed E-state index contributed by atoms with van der Waals surface area (Å²) in [6.07, 6.45) is 3.48. The molecule has 0 spiro atoms. The van der Waals surface area contributed by atoms with Gasteiger partial charge in [0.25, 0.3) is 11.8 Å². The monoisotopic (exact) mass is 560 g/mol. The average Bonchev–Trinajstić information content (AvgIpc) is 2.95. The minimum Gasteiger partial charge on any atom is -0.493 e. The molecule has 40 heavy (non-hydrogen) atoms. The molecule has 204 valence electrons. The van der Waals surface area contributed by atoms with Crippen molar-refractivity contribution >= 4 is 47.2 Å². The Kier molecular flexibility index (Phi) is 8.66. The van der Waals surface area contributed by atoms with Crippen LogP contribution >= 0.6 is 11.6 Å². The largest absolute Gasteiger partial charge is 0.493 e. The van der Waals surface area contributed by atoms with Crippen LogP contribution in [0, 0.1) is 0 Å². The molecule has 1 saturated heterocycles. The molecule has 1 heterocycles. The lowest BCUT2D eigenvalue weighted by atomic mass is 10.0. The lowest BCUT2D eigenvalue weighted by molar-refractivity contribution is -0.122. The number of amides is 4. The number of carbonyl (C=O) groups excluding carboxylic acids is 4. The predicted octanol–water partition coefficient (Wildman–Crippen LogP) is 5.11. The molecule has 0 aromatic heterocycles. The molecule has 3 aromatic rings. The summed E-state index contributed by atoms with van der Waals surface area (Å²) < 4.78 is 16.3. The van der Waals surface area contributed by atoms with Crippen molar-refractivity contribution in [2.75, 3.05) is 19.1 Å². The van der Waals surface area contributed by atoms with Crippen LogP contribution in [0.3, 0.4) is 0 Å². The van der Waals surface area contributed by atoms with Crippen LogP contribution in [0.15, 0.2) is 78.9 Å². The highest BCUT2D eigenvalue weighted by atomic mass is 35.5. The van der Waals surface area contributed by atoms with Crippen LogP contribution in [0.25, 0.3) is 6.08 Å². The number of carbonyl (C=O) groups is 4. The smallest absolute Gasteiger partial charge is 0.337 e. The first-order chi connectivity index (χ1) is 19.2. The number of esters is 1. The molecule has 0 unspecified atom stereocenters. The van der Waals surface area contributed by atoms with Gasteiger partial charge >= 0.3 is 12.0 Å². The fraction of sp³-hybridized carbons (Fsp3) is 0.133. The average molecular weight is 561 g/mol. The maximum atomic E-state index is 13.3. The number of barbiturate groups is 1. The van der Waals surface area contributed by atoms with Gasteiger partial charge in [0.1, 0.15) is 12.2 Å². The molecule has 0 saturated carbocycles. The summed E-state index contributed by atoms with van der Waals surface area (Å²) in [4.78, 5) is 51.2. The van der Waals surface area contributed by atoms with Crippen LogP contribution in [-0.2, 0) is 27.4 Å². The second-order valence-corrected chi connectivity index (χ2v) is 9.05. The number of anilines is 1. The minimum absolute atomic E-state index is 0.171. The van der Waals surface area contributed by atoms with Crippen molar-refractivity contribution in [1.29, 1.82) is 0 Å². The second kappa shape index (κ2) is 12.3. The van der Waals surface area contributed by atoms with E-state index in [1.54, 1.807) is 30.3 Å². The topological polar surface area (TPSA) is 111 Å². The Bertz CT molecular complexity index is 1510. The normalized spacial score (nSPS) is 14.1. The molecule has 4 amide bonds. The molecule has 0 atom stereocenters. The number of halogens is 1. The van der Waals surface area contributed by atoms with Gasteiger partial charge in [-0.05, 0) is 72.2 Å². The number of urea groups is 1. The van der Waals surface area contributed by atoms with Crippen molar-refractivity contribution in [1.82, 2.24) is 5.32 Å². The zero-order valence-electron chi connectivity index (χ0n) is 21.7. The van der Waals surface area contributed by atoms with E-state index in [0.29, 0.717) is 34.1 Å². The first-order valence-electron chi connectivity index (χ1n) is 12.0. The van der Waals surface area contributed by atoms with Gasteiger partial charge in [-0.25, -0.2) is 14.5 Å². The Balaban J connectivity index is 1.67. The third-order valence-corrected chi connectivity index (χ3v) is 6.25. The Hall–Kier alpha value is -4.89. The number of nitrogens with one attached hydrogen (secondary N) is 1. The molecule has 0 bridgehead atoms. The molecule has 0 radical (unpaired) electrons. The second-order valence-electron chi connectivity index (χ2n) is 8.62. The van der Waals surface area contributed by atoms with Crippen LogP contribution in [0.4, 0.5) is 10.5 Å². The maximum Gasteiger partial charge on any atom is 0.337 e. The summed E-state index contributed by atoms with van der Waals surface area (Å²) in [5.41, 5.74) is 2.23. The zero-order valence-corrected chi connectivity index (χ0v) is 22.5. The molecule has 3 aromatic carbocycles. The standard InChI is InChI=1S/C30H25ClN2O7/c1-4-5-21-14-19(16-25(38-2)26(21)40-17-18-6-10-22(31)11-7-18)15-24-27(34)32-30(37)33(28(24)35)23-12-8-20(9-13-23)29(36)39-3/h4,6-16H,1,5,17H2,2-3H3,(H,32,34,37)/b24-15+. The first-order valence-corrected chi connectivity index (χ1v) is 12.4. The van der Waals surface area contributed by atoms with Gasteiger partial charge in [-0.2, -0.15) is 0 Å². The van der Waals surface area contributed by atoms with Crippen molar-refractivity contribution < 1.29 is 33.4 Å². The quantitative estimate of drug-likeness (QED) is 0.167. The third kappa shape index (κ3) is 6.05. The fourth-order valence-electron chi connectivity index (χ4n) is 4.05. The van der Waals surface area contributed by atoms with Crippen molar-refractivity contribution in [2.45, 2.75) is 13.0 Å². The van der Waals surface area contributed by atoms with Gasteiger partial charge in [0.15, 0.2) is 11.5 Å². The van der Waals surface area contributed by atoms with Crippen molar-refractivity contribution in [2.24, 2.45) is 0 Å². The third-order valence-electron chi connectivity index (χ3n) is 5.99. The van der Waals surface area contributed by atoms with E-state index in [1.807, 2.05) is 12.1 Å². The summed E-state index contributed by atoms with van der Waals surface area (Å²) in [5.74, 6) is -1.37. The molecule has 1 N–H and O–H groups in total. The number of hydrogen-bond acceptors (Lipinski definition) is 7. The van der Waals surface area contributed by atoms with Crippen molar-refractivity contribution in [3.63, 3.8) is 0 Å². The lowest BCUT2D eigenvalue weighted by Gasteiger charge is -2.26. The summed E-state index contributed by atoms with van der Waals surface area (Å²) >= 11 is 5.97. The number of imide groups is 2. The summed E-state index contributed by atoms with van der Waals surface area (Å²) in [6, 6.07) is 15.4. The number of hydrogen-bond donors (Lipinski definition) is 1. The van der Waals surface area contributed by atoms with Gasteiger partial charge in [-0.3, -0.25) is 14.9 Å². The molecular weight excluding hydrogens is 536 g/mol. The molecule has 1 fully saturated rings. The van der Waals surface area contributed by atoms with E-state index in [-0.39, 0.29) is 23.4 Å².